The molecule has 0 aromatic heterocycles. The maximum atomic E-state index is 11.5. The molecular weight excluding hydrogens is 280 g/mol. The molecule has 0 N–H and O–H groups in total. The number of rotatable bonds is 15. The summed E-state index contributed by atoms with van der Waals surface area (Å²) in [5.74, 6) is -0.368. The predicted molar refractivity (Wildman–Crippen MR) is 88.7 cm³/mol. The fraction of sp³-hybridized carbons (Fsp3) is 0.889. The van der Waals surface area contributed by atoms with Gasteiger partial charge in [-0.3, -0.25) is 9.59 Å². The second-order valence-corrected chi connectivity index (χ2v) is 5.83. The third-order valence-electron chi connectivity index (χ3n) is 3.75. The van der Waals surface area contributed by atoms with Gasteiger partial charge in [0.2, 0.25) is 0 Å². The molecule has 0 aliphatic carbocycles. The minimum absolute atomic E-state index is 0.149. The van der Waals surface area contributed by atoms with E-state index in [1.165, 1.54) is 52.1 Å². The summed E-state index contributed by atoms with van der Waals surface area (Å²) in [6.45, 7) is 2.77. The van der Waals surface area contributed by atoms with Crippen molar-refractivity contribution in [2.45, 2.75) is 90.4 Å². The highest BCUT2D eigenvalue weighted by atomic mass is 16.5. The van der Waals surface area contributed by atoms with Crippen LogP contribution < -0.4 is 0 Å². The van der Waals surface area contributed by atoms with Crippen LogP contribution in [0.4, 0.5) is 0 Å². The van der Waals surface area contributed by atoms with E-state index >= 15 is 0 Å². The van der Waals surface area contributed by atoms with Crippen LogP contribution in [0.15, 0.2) is 0 Å². The summed E-state index contributed by atoms with van der Waals surface area (Å²) in [5, 5.41) is 0. The quantitative estimate of drug-likeness (QED) is 0.322. The molecule has 0 atom stereocenters. The van der Waals surface area contributed by atoms with Crippen molar-refractivity contribution in [1.82, 2.24) is 0 Å². The molecule has 0 aromatic rings. The molecule has 0 amide bonds. The zero-order chi connectivity index (χ0) is 16.5. The summed E-state index contributed by atoms with van der Waals surface area (Å²) in [7, 11) is 1.38. The van der Waals surface area contributed by atoms with Gasteiger partial charge in [-0.25, -0.2) is 0 Å². The van der Waals surface area contributed by atoms with E-state index in [1.54, 1.807) is 0 Å². The molecule has 0 aliphatic heterocycles. The van der Waals surface area contributed by atoms with Gasteiger partial charge in [-0.1, -0.05) is 58.3 Å². The highest BCUT2D eigenvalue weighted by Crippen LogP contribution is 2.10. The Labute approximate surface area is 135 Å². The molecule has 130 valence electrons. The van der Waals surface area contributed by atoms with Gasteiger partial charge in [-0.2, -0.15) is 0 Å². The lowest BCUT2D eigenvalue weighted by atomic mass is 10.1. The Kier molecular flexibility index (Phi) is 15.5. The second-order valence-electron chi connectivity index (χ2n) is 5.83. The molecule has 0 saturated carbocycles. The average molecular weight is 314 g/mol. The van der Waals surface area contributed by atoms with E-state index in [1.807, 2.05) is 0 Å². The van der Waals surface area contributed by atoms with Crippen LogP contribution >= 0.6 is 0 Å². The van der Waals surface area contributed by atoms with E-state index in [4.69, 9.17) is 4.74 Å². The molecule has 0 fully saturated rings. The van der Waals surface area contributed by atoms with Crippen molar-refractivity contribution < 1.29 is 19.1 Å². The van der Waals surface area contributed by atoms with Crippen molar-refractivity contribution in [3.8, 4) is 0 Å². The Morgan fingerprint density at radius 2 is 1.18 bits per heavy atom. The van der Waals surface area contributed by atoms with Crippen LogP contribution in [0.1, 0.15) is 90.4 Å². The number of carbonyl (C=O) groups excluding carboxylic acids is 2. The first kappa shape index (κ1) is 20.9. The van der Waals surface area contributed by atoms with Gasteiger partial charge in [0.25, 0.3) is 0 Å². The van der Waals surface area contributed by atoms with Crippen LogP contribution in [0.25, 0.3) is 0 Å². The lowest BCUT2D eigenvalue weighted by molar-refractivity contribution is -0.145. The first-order chi connectivity index (χ1) is 10.7. The van der Waals surface area contributed by atoms with Gasteiger partial charge in [0.05, 0.1) is 13.7 Å². The standard InChI is InChI=1S/C18H34O4/c1-3-4-5-6-7-8-9-10-13-16-22-18(20)15-12-11-14-17(19)21-2/h3-16H2,1-2H3. The highest BCUT2D eigenvalue weighted by molar-refractivity contribution is 5.70. The summed E-state index contributed by atoms with van der Waals surface area (Å²) in [6, 6.07) is 0. The van der Waals surface area contributed by atoms with E-state index in [2.05, 4.69) is 11.7 Å². The zero-order valence-corrected chi connectivity index (χ0v) is 14.5. The number of hydrogen-bond acceptors (Lipinski definition) is 4. The van der Waals surface area contributed by atoms with Crippen molar-refractivity contribution in [2.75, 3.05) is 13.7 Å². The molecular formula is C18H34O4. The fourth-order valence-corrected chi connectivity index (χ4v) is 2.31. The minimum Gasteiger partial charge on any atom is -0.469 e. The fourth-order valence-electron chi connectivity index (χ4n) is 2.31. The number of carbonyl (C=O) groups is 2. The van der Waals surface area contributed by atoms with Crippen LogP contribution in [0.2, 0.25) is 0 Å². The third kappa shape index (κ3) is 15.3. The first-order valence-electron chi connectivity index (χ1n) is 8.93. The van der Waals surface area contributed by atoms with Gasteiger partial charge in [-0.15, -0.1) is 0 Å². The number of esters is 2. The summed E-state index contributed by atoms with van der Waals surface area (Å²) in [6.07, 6.45) is 13.5. The maximum absolute atomic E-state index is 11.5. The van der Waals surface area contributed by atoms with E-state index in [0.717, 1.165) is 12.8 Å². The van der Waals surface area contributed by atoms with Gasteiger partial charge in [0, 0.05) is 12.8 Å². The van der Waals surface area contributed by atoms with Crippen molar-refractivity contribution in [3.63, 3.8) is 0 Å². The summed E-state index contributed by atoms with van der Waals surface area (Å²) in [4.78, 5) is 22.3. The van der Waals surface area contributed by atoms with Crippen LogP contribution in [-0.4, -0.2) is 25.7 Å². The third-order valence-corrected chi connectivity index (χ3v) is 3.75. The average Bonchev–Trinajstić information content (AvgIpc) is 2.53. The van der Waals surface area contributed by atoms with Gasteiger partial charge >= 0.3 is 11.9 Å². The number of hydrogen-bond donors (Lipinski definition) is 0. The summed E-state index contributed by atoms with van der Waals surface area (Å²) >= 11 is 0. The number of methoxy groups -OCH3 is 1. The van der Waals surface area contributed by atoms with Crippen molar-refractivity contribution in [3.05, 3.63) is 0 Å². The Bertz CT molecular complexity index is 276. The molecule has 0 radical (unpaired) electrons. The van der Waals surface area contributed by atoms with Crippen molar-refractivity contribution >= 4 is 11.9 Å². The van der Waals surface area contributed by atoms with Crippen LogP contribution in [0.3, 0.4) is 0 Å². The van der Waals surface area contributed by atoms with E-state index in [0.29, 0.717) is 32.3 Å². The Balaban J connectivity index is 3.20. The summed E-state index contributed by atoms with van der Waals surface area (Å²) < 4.78 is 9.72. The zero-order valence-electron chi connectivity index (χ0n) is 14.5. The largest absolute Gasteiger partial charge is 0.469 e. The molecule has 0 rings (SSSR count). The molecule has 22 heavy (non-hydrogen) atoms. The van der Waals surface area contributed by atoms with Gasteiger partial charge in [0.1, 0.15) is 0 Å². The Morgan fingerprint density at radius 1 is 0.682 bits per heavy atom. The van der Waals surface area contributed by atoms with E-state index in [9.17, 15) is 9.59 Å². The smallest absolute Gasteiger partial charge is 0.305 e. The van der Waals surface area contributed by atoms with E-state index < -0.39 is 0 Å². The van der Waals surface area contributed by atoms with Gasteiger partial charge in [0.15, 0.2) is 0 Å². The van der Waals surface area contributed by atoms with E-state index in [-0.39, 0.29) is 11.9 Å². The molecule has 0 unspecified atom stereocenters. The van der Waals surface area contributed by atoms with Crippen LogP contribution in [0, 0.1) is 0 Å². The van der Waals surface area contributed by atoms with Gasteiger partial charge < -0.3 is 9.47 Å². The molecule has 0 spiro atoms. The molecule has 0 saturated heterocycles. The molecule has 4 nitrogen and oxygen atoms in total. The normalized spacial score (nSPS) is 10.5. The molecule has 0 bridgehead atoms. The molecule has 0 heterocycles. The van der Waals surface area contributed by atoms with Crippen molar-refractivity contribution in [1.29, 1.82) is 0 Å². The lowest BCUT2D eigenvalue weighted by Gasteiger charge is -2.05. The van der Waals surface area contributed by atoms with Crippen LogP contribution in [0.5, 0.6) is 0 Å². The Morgan fingerprint density at radius 3 is 1.73 bits per heavy atom. The number of unbranched alkanes of at least 4 members (excludes halogenated alkanes) is 9. The maximum Gasteiger partial charge on any atom is 0.305 e. The highest BCUT2D eigenvalue weighted by Gasteiger charge is 2.04. The van der Waals surface area contributed by atoms with Gasteiger partial charge in [-0.05, 0) is 19.3 Å². The molecule has 4 heteroatoms. The molecule has 0 aliphatic rings. The topological polar surface area (TPSA) is 52.6 Å². The summed E-state index contributed by atoms with van der Waals surface area (Å²) in [5.41, 5.74) is 0. The SMILES string of the molecule is CCCCCCCCCCCOC(=O)CCCCC(=O)OC. The second kappa shape index (κ2) is 16.3. The Hall–Kier alpha value is -1.06. The van der Waals surface area contributed by atoms with Crippen LogP contribution in [-0.2, 0) is 19.1 Å². The lowest BCUT2D eigenvalue weighted by Crippen LogP contribution is -2.06. The first-order valence-corrected chi connectivity index (χ1v) is 8.93. The monoisotopic (exact) mass is 314 g/mol. The van der Waals surface area contributed by atoms with Crippen molar-refractivity contribution in [2.24, 2.45) is 0 Å². The minimum atomic E-state index is -0.219. The predicted octanol–water partition coefficient (Wildman–Crippen LogP) is 4.79. The number of ether oxygens (including phenoxy) is 2. The molecule has 0 aromatic carbocycles.